The Bertz CT molecular complexity index is 394. The molecule has 0 spiro atoms. The van der Waals surface area contributed by atoms with Crippen molar-refractivity contribution in [3.63, 3.8) is 0 Å². The van der Waals surface area contributed by atoms with Crippen molar-refractivity contribution in [3.05, 3.63) is 29.8 Å². The first kappa shape index (κ1) is 15.7. The summed E-state index contributed by atoms with van der Waals surface area (Å²) >= 11 is 1.91. The molecule has 1 N–H and O–H groups in total. The number of rotatable bonds is 6. The van der Waals surface area contributed by atoms with Gasteiger partial charge in [0.2, 0.25) is 0 Å². The Balaban J connectivity index is 1.82. The van der Waals surface area contributed by atoms with Gasteiger partial charge in [-0.15, -0.1) is 0 Å². The van der Waals surface area contributed by atoms with Gasteiger partial charge in [0.1, 0.15) is 0 Å². The fraction of sp³-hybridized carbons (Fsp3) is 0.647. The van der Waals surface area contributed by atoms with Crippen molar-refractivity contribution in [1.82, 2.24) is 5.32 Å². The zero-order valence-corrected chi connectivity index (χ0v) is 13.9. The van der Waals surface area contributed by atoms with Crippen molar-refractivity contribution in [1.29, 1.82) is 0 Å². The normalized spacial score (nSPS) is 16.4. The molecule has 0 radical (unpaired) electrons. The lowest BCUT2D eigenvalue weighted by molar-refractivity contribution is 0.577. The third-order valence-electron chi connectivity index (χ3n) is 4.09. The van der Waals surface area contributed by atoms with Crippen molar-refractivity contribution in [2.24, 2.45) is 0 Å². The first-order valence-electron chi connectivity index (χ1n) is 7.70. The molecular formula is C17H28N2S. The molecule has 1 aliphatic rings. The second-order valence-electron chi connectivity index (χ2n) is 6.28. The molecule has 1 aliphatic heterocycles. The molecule has 20 heavy (non-hydrogen) atoms. The Morgan fingerprint density at radius 1 is 1.10 bits per heavy atom. The summed E-state index contributed by atoms with van der Waals surface area (Å²) in [5.74, 6) is 0. The van der Waals surface area contributed by atoms with Gasteiger partial charge in [-0.1, -0.05) is 12.1 Å². The second kappa shape index (κ2) is 7.37. The van der Waals surface area contributed by atoms with E-state index in [1.807, 2.05) is 11.8 Å². The molecule has 112 valence electrons. The molecule has 3 heteroatoms. The van der Waals surface area contributed by atoms with E-state index in [-0.39, 0.29) is 0 Å². The molecule has 1 aromatic rings. The molecule has 0 aliphatic carbocycles. The summed E-state index contributed by atoms with van der Waals surface area (Å²) in [5, 5.41) is 3.56. The zero-order valence-electron chi connectivity index (χ0n) is 13.1. The van der Waals surface area contributed by atoms with E-state index in [9.17, 15) is 0 Å². The fourth-order valence-corrected chi connectivity index (χ4v) is 2.80. The van der Waals surface area contributed by atoms with E-state index in [0.717, 1.165) is 13.1 Å². The van der Waals surface area contributed by atoms with Crippen LogP contribution in [0, 0.1) is 0 Å². The number of nitrogens with zero attached hydrogens (tertiary/aromatic N) is 1. The van der Waals surface area contributed by atoms with E-state index in [4.69, 9.17) is 0 Å². The van der Waals surface area contributed by atoms with E-state index < -0.39 is 0 Å². The van der Waals surface area contributed by atoms with E-state index >= 15 is 0 Å². The van der Waals surface area contributed by atoms with Crippen LogP contribution in [0.2, 0.25) is 0 Å². The summed E-state index contributed by atoms with van der Waals surface area (Å²) in [5.41, 5.74) is 2.76. The van der Waals surface area contributed by atoms with Gasteiger partial charge in [0, 0.05) is 36.6 Å². The van der Waals surface area contributed by atoms with Gasteiger partial charge in [-0.2, -0.15) is 11.8 Å². The minimum Gasteiger partial charge on any atom is -0.372 e. The van der Waals surface area contributed by atoms with Gasteiger partial charge >= 0.3 is 0 Å². The summed E-state index contributed by atoms with van der Waals surface area (Å²) in [4.78, 5) is 2.51. The molecule has 0 aromatic heterocycles. The standard InChI is InChI=1S/C17H28N2S/c1-17(2,20-3)14-18-13-15-7-9-16(10-8-15)19-11-5-4-6-12-19/h7-10,18H,4-6,11-14H2,1-3H3. The van der Waals surface area contributed by atoms with Gasteiger partial charge in [-0.3, -0.25) is 0 Å². The van der Waals surface area contributed by atoms with E-state index in [1.54, 1.807) is 0 Å². The van der Waals surface area contributed by atoms with Crippen LogP contribution in [0.15, 0.2) is 24.3 Å². The highest BCUT2D eigenvalue weighted by atomic mass is 32.2. The highest BCUT2D eigenvalue weighted by Gasteiger charge is 2.15. The van der Waals surface area contributed by atoms with Crippen molar-refractivity contribution >= 4 is 17.4 Å². The van der Waals surface area contributed by atoms with Crippen molar-refractivity contribution in [2.45, 2.75) is 44.4 Å². The summed E-state index contributed by atoms with van der Waals surface area (Å²) in [7, 11) is 0. The number of hydrogen-bond donors (Lipinski definition) is 1. The number of benzene rings is 1. The zero-order chi connectivity index (χ0) is 14.4. The lowest BCUT2D eigenvalue weighted by Gasteiger charge is -2.29. The number of hydrogen-bond acceptors (Lipinski definition) is 3. The minimum atomic E-state index is 0.313. The van der Waals surface area contributed by atoms with Crippen LogP contribution in [0.1, 0.15) is 38.7 Å². The quantitative estimate of drug-likeness (QED) is 0.856. The topological polar surface area (TPSA) is 15.3 Å². The van der Waals surface area contributed by atoms with Gasteiger partial charge in [0.15, 0.2) is 0 Å². The molecule has 1 saturated heterocycles. The Labute approximate surface area is 128 Å². The van der Waals surface area contributed by atoms with Crippen LogP contribution < -0.4 is 10.2 Å². The number of nitrogens with one attached hydrogen (secondary N) is 1. The maximum atomic E-state index is 3.56. The van der Waals surface area contributed by atoms with Crippen LogP contribution in [0.4, 0.5) is 5.69 Å². The average molecular weight is 292 g/mol. The van der Waals surface area contributed by atoms with E-state index in [0.29, 0.717) is 4.75 Å². The maximum absolute atomic E-state index is 3.56. The van der Waals surface area contributed by atoms with Crippen LogP contribution in [-0.4, -0.2) is 30.6 Å². The molecule has 0 amide bonds. The van der Waals surface area contributed by atoms with Gasteiger partial charge in [-0.25, -0.2) is 0 Å². The largest absolute Gasteiger partial charge is 0.372 e. The molecule has 1 aromatic carbocycles. The predicted octanol–water partition coefficient (Wildman–Crippen LogP) is 3.91. The van der Waals surface area contributed by atoms with Crippen LogP contribution in [-0.2, 0) is 6.54 Å². The molecular weight excluding hydrogens is 264 g/mol. The first-order valence-corrected chi connectivity index (χ1v) is 8.93. The third-order valence-corrected chi connectivity index (χ3v) is 5.34. The van der Waals surface area contributed by atoms with Crippen LogP contribution in [0.5, 0.6) is 0 Å². The first-order chi connectivity index (χ1) is 9.61. The minimum absolute atomic E-state index is 0.313. The number of piperidine rings is 1. The molecule has 2 nitrogen and oxygen atoms in total. The van der Waals surface area contributed by atoms with Crippen LogP contribution >= 0.6 is 11.8 Å². The fourth-order valence-electron chi connectivity index (χ4n) is 2.56. The molecule has 0 unspecified atom stereocenters. The summed E-state index contributed by atoms with van der Waals surface area (Å²) in [6.45, 7) is 9.01. The van der Waals surface area contributed by atoms with Gasteiger partial charge in [0.25, 0.3) is 0 Å². The Morgan fingerprint density at radius 2 is 1.75 bits per heavy atom. The SMILES string of the molecule is CSC(C)(C)CNCc1ccc(N2CCCCC2)cc1. The Hall–Kier alpha value is -0.670. The summed E-state index contributed by atoms with van der Waals surface area (Å²) in [6.07, 6.45) is 6.25. The Morgan fingerprint density at radius 3 is 2.35 bits per heavy atom. The third kappa shape index (κ3) is 4.71. The average Bonchev–Trinajstić information content (AvgIpc) is 2.49. The number of thioether (sulfide) groups is 1. The molecule has 0 saturated carbocycles. The number of anilines is 1. The van der Waals surface area contributed by atoms with Crippen molar-refractivity contribution in [3.8, 4) is 0 Å². The maximum Gasteiger partial charge on any atom is 0.0366 e. The van der Waals surface area contributed by atoms with Crippen molar-refractivity contribution < 1.29 is 0 Å². The van der Waals surface area contributed by atoms with Gasteiger partial charge < -0.3 is 10.2 Å². The summed E-state index contributed by atoms with van der Waals surface area (Å²) in [6, 6.07) is 9.09. The highest BCUT2D eigenvalue weighted by molar-refractivity contribution is 7.99. The lowest BCUT2D eigenvalue weighted by Crippen LogP contribution is -2.31. The van der Waals surface area contributed by atoms with E-state index in [2.05, 4.69) is 54.6 Å². The van der Waals surface area contributed by atoms with Gasteiger partial charge in [-0.05, 0) is 57.1 Å². The Kier molecular flexibility index (Phi) is 5.79. The van der Waals surface area contributed by atoms with Crippen LogP contribution in [0.3, 0.4) is 0 Å². The molecule has 0 bridgehead atoms. The summed E-state index contributed by atoms with van der Waals surface area (Å²) < 4.78 is 0.313. The van der Waals surface area contributed by atoms with Gasteiger partial charge in [0.05, 0.1) is 0 Å². The molecule has 1 heterocycles. The monoisotopic (exact) mass is 292 g/mol. The van der Waals surface area contributed by atoms with Crippen LogP contribution in [0.25, 0.3) is 0 Å². The van der Waals surface area contributed by atoms with E-state index in [1.165, 1.54) is 43.6 Å². The van der Waals surface area contributed by atoms with Crippen molar-refractivity contribution in [2.75, 3.05) is 30.8 Å². The smallest absolute Gasteiger partial charge is 0.0366 e. The highest BCUT2D eigenvalue weighted by Crippen LogP contribution is 2.21. The second-order valence-corrected chi connectivity index (χ2v) is 7.79. The predicted molar refractivity (Wildman–Crippen MR) is 91.8 cm³/mol. The molecule has 2 rings (SSSR count). The molecule has 1 fully saturated rings. The lowest BCUT2D eigenvalue weighted by atomic mass is 10.1. The molecule has 0 atom stereocenters.